The second-order valence-electron chi connectivity index (χ2n) is 6.81. The third-order valence-electron chi connectivity index (χ3n) is 4.99. The molecule has 4 rings (SSSR count). The fraction of sp³-hybridized carbons (Fsp3) is 0.250. The number of hydrogen-bond donors (Lipinski definition) is 1. The maximum absolute atomic E-state index is 13.8. The zero-order valence-electron chi connectivity index (χ0n) is 15.5. The Hall–Kier alpha value is -2.71. The number of hydrogen-bond acceptors (Lipinski definition) is 4. The fourth-order valence-corrected chi connectivity index (χ4v) is 4.71. The van der Waals surface area contributed by atoms with Crippen LogP contribution in [0.3, 0.4) is 0 Å². The highest BCUT2D eigenvalue weighted by Crippen LogP contribution is 2.24. The van der Waals surface area contributed by atoms with Crippen LogP contribution in [0.5, 0.6) is 0 Å². The van der Waals surface area contributed by atoms with E-state index in [-0.39, 0.29) is 4.90 Å². The van der Waals surface area contributed by atoms with E-state index in [9.17, 15) is 12.8 Å². The number of aryl methyl sites for hydroxylation is 1. The van der Waals surface area contributed by atoms with Crippen LogP contribution in [0.15, 0.2) is 59.5 Å². The lowest BCUT2D eigenvalue weighted by atomic mass is 10.1. The van der Waals surface area contributed by atoms with E-state index in [1.54, 1.807) is 6.92 Å². The van der Waals surface area contributed by atoms with Gasteiger partial charge < -0.3 is 4.90 Å². The largest absolute Gasteiger partial charge is 0.352 e. The van der Waals surface area contributed by atoms with Gasteiger partial charge in [0.05, 0.1) is 10.6 Å². The Morgan fingerprint density at radius 3 is 2.39 bits per heavy atom. The lowest BCUT2D eigenvalue weighted by molar-refractivity contribution is 0.383. The van der Waals surface area contributed by atoms with Crippen molar-refractivity contribution in [2.75, 3.05) is 31.1 Å². The summed E-state index contributed by atoms with van der Waals surface area (Å²) in [4.78, 5) is 2.04. The molecule has 1 fully saturated rings. The van der Waals surface area contributed by atoms with Crippen molar-refractivity contribution >= 4 is 15.8 Å². The number of aromatic amines is 1. The molecule has 1 aliphatic rings. The van der Waals surface area contributed by atoms with Crippen LogP contribution in [0.2, 0.25) is 0 Å². The summed E-state index contributed by atoms with van der Waals surface area (Å²) in [6, 6.07) is 15.9. The molecule has 3 aromatic rings. The average Bonchev–Trinajstić information content (AvgIpc) is 3.21. The Balaban J connectivity index is 1.46. The van der Waals surface area contributed by atoms with E-state index in [0.29, 0.717) is 31.7 Å². The Kier molecular flexibility index (Phi) is 4.91. The summed E-state index contributed by atoms with van der Waals surface area (Å²) in [5.74, 6) is 0.280. The molecule has 0 amide bonds. The van der Waals surface area contributed by atoms with Crippen molar-refractivity contribution in [3.8, 4) is 11.3 Å². The number of H-pyrrole nitrogens is 1. The molecule has 1 aromatic heterocycles. The van der Waals surface area contributed by atoms with Crippen LogP contribution < -0.4 is 4.90 Å². The highest BCUT2D eigenvalue weighted by Gasteiger charge is 2.29. The first-order chi connectivity index (χ1) is 13.4. The minimum atomic E-state index is -3.71. The number of sulfonamides is 1. The maximum Gasteiger partial charge on any atom is 0.243 e. The van der Waals surface area contributed by atoms with Crippen molar-refractivity contribution in [2.45, 2.75) is 11.8 Å². The van der Waals surface area contributed by atoms with Crippen LogP contribution >= 0.6 is 0 Å². The van der Waals surface area contributed by atoms with E-state index in [1.807, 2.05) is 41.3 Å². The summed E-state index contributed by atoms with van der Waals surface area (Å²) < 4.78 is 40.8. The number of anilines is 1. The highest BCUT2D eigenvalue weighted by atomic mass is 32.2. The number of nitrogens with zero attached hydrogens (tertiary/aromatic N) is 3. The van der Waals surface area contributed by atoms with Gasteiger partial charge in [-0.3, -0.25) is 5.10 Å². The fourth-order valence-electron chi connectivity index (χ4n) is 3.28. The average molecular weight is 400 g/mol. The number of rotatable bonds is 4. The van der Waals surface area contributed by atoms with Crippen molar-refractivity contribution in [3.05, 3.63) is 66.0 Å². The van der Waals surface area contributed by atoms with Gasteiger partial charge in [-0.1, -0.05) is 36.4 Å². The summed E-state index contributed by atoms with van der Waals surface area (Å²) in [5, 5.41) is 7.40. The minimum Gasteiger partial charge on any atom is -0.352 e. The van der Waals surface area contributed by atoms with Crippen LogP contribution in [-0.2, 0) is 10.0 Å². The first-order valence-electron chi connectivity index (χ1n) is 9.07. The Labute approximate surface area is 163 Å². The van der Waals surface area contributed by atoms with Crippen molar-refractivity contribution in [2.24, 2.45) is 0 Å². The van der Waals surface area contributed by atoms with Gasteiger partial charge in [-0.25, -0.2) is 12.8 Å². The summed E-state index contributed by atoms with van der Waals surface area (Å²) in [5.41, 5.74) is 2.39. The smallest absolute Gasteiger partial charge is 0.243 e. The zero-order chi connectivity index (χ0) is 19.7. The molecular weight excluding hydrogens is 379 g/mol. The van der Waals surface area contributed by atoms with Gasteiger partial charge in [0.1, 0.15) is 5.82 Å². The molecule has 1 aliphatic heterocycles. The van der Waals surface area contributed by atoms with E-state index in [4.69, 9.17) is 0 Å². The van der Waals surface area contributed by atoms with Crippen LogP contribution in [0.4, 0.5) is 10.2 Å². The topological polar surface area (TPSA) is 69.3 Å². The third-order valence-corrected chi connectivity index (χ3v) is 6.89. The molecule has 2 aromatic carbocycles. The summed E-state index contributed by atoms with van der Waals surface area (Å²) in [6.07, 6.45) is 0. The number of nitrogens with one attached hydrogen (secondary N) is 1. The molecule has 1 saturated heterocycles. The van der Waals surface area contributed by atoms with Gasteiger partial charge in [0.2, 0.25) is 10.0 Å². The predicted molar refractivity (Wildman–Crippen MR) is 106 cm³/mol. The normalized spacial score (nSPS) is 15.7. The molecule has 8 heteroatoms. The lowest BCUT2D eigenvalue weighted by Crippen LogP contribution is -2.48. The molecule has 0 bridgehead atoms. The second kappa shape index (κ2) is 7.37. The molecule has 0 spiro atoms. The molecule has 0 aliphatic carbocycles. The Bertz CT molecular complexity index is 1070. The molecule has 0 atom stereocenters. The van der Waals surface area contributed by atoms with Crippen LogP contribution in [0, 0.1) is 12.7 Å². The van der Waals surface area contributed by atoms with Gasteiger partial charge in [-0.05, 0) is 30.2 Å². The number of halogens is 1. The Morgan fingerprint density at radius 1 is 1.00 bits per heavy atom. The van der Waals surface area contributed by atoms with E-state index < -0.39 is 15.8 Å². The molecule has 6 nitrogen and oxygen atoms in total. The first kappa shape index (κ1) is 18.6. The van der Waals surface area contributed by atoms with Gasteiger partial charge in [0.15, 0.2) is 5.82 Å². The molecule has 28 heavy (non-hydrogen) atoms. The minimum absolute atomic E-state index is 0.00446. The van der Waals surface area contributed by atoms with Gasteiger partial charge >= 0.3 is 0 Å². The van der Waals surface area contributed by atoms with Gasteiger partial charge in [0.25, 0.3) is 0 Å². The summed E-state index contributed by atoms with van der Waals surface area (Å²) in [7, 11) is -3.71. The number of piperazine rings is 1. The summed E-state index contributed by atoms with van der Waals surface area (Å²) >= 11 is 0. The first-order valence-corrected chi connectivity index (χ1v) is 10.5. The van der Waals surface area contributed by atoms with E-state index >= 15 is 0 Å². The molecular formula is C20H21FN4O2S. The maximum atomic E-state index is 13.8. The SMILES string of the molecule is Cc1ccc(S(=O)(=O)N2CCN(c3cc(-c4ccccc4)[nH]n3)CC2)cc1F. The van der Waals surface area contributed by atoms with Gasteiger partial charge in [-0.15, -0.1) is 0 Å². The molecule has 1 N–H and O–H groups in total. The molecule has 146 valence electrons. The lowest BCUT2D eigenvalue weighted by Gasteiger charge is -2.34. The van der Waals surface area contributed by atoms with E-state index in [0.717, 1.165) is 23.1 Å². The third kappa shape index (κ3) is 3.53. The monoisotopic (exact) mass is 400 g/mol. The van der Waals surface area contributed by atoms with Crippen LogP contribution in [0.1, 0.15) is 5.56 Å². The Morgan fingerprint density at radius 2 is 1.71 bits per heavy atom. The van der Waals surface area contributed by atoms with Crippen LogP contribution in [-0.4, -0.2) is 49.1 Å². The molecule has 2 heterocycles. The van der Waals surface area contributed by atoms with Crippen molar-refractivity contribution < 1.29 is 12.8 Å². The van der Waals surface area contributed by atoms with Crippen molar-refractivity contribution in [1.82, 2.24) is 14.5 Å². The van der Waals surface area contributed by atoms with Crippen LogP contribution in [0.25, 0.3) is 11.3 Å². The van der Waals surface area contributed by atoms with Gasteiger partial charge in [-0.2, -0.15) is 9.40 Å². The number of aromatic nitrogens is 2. The standard InChI is InChI=1S/C20H21FN4O2S/c1-15-7-8-17(13-18(15)21)28(26,27)25-11-9-24(10-12-25)20-14-19(22-23-20)16-5-3-2-4-6-16/h2-8,13-14H,9-12H2,1H3,(H,22,23). The highest BCUT2D eigenvalue weighted by molar-refractivity contribution is 7.89. The molecule has 0 saturated carbocycles. The quantitative estimate of drug-likeness (QED) is 0.731. The second-order valence-corrected chi connectivity index (χ2v) is 8.75. The van der Waals surface area contributed by atoms with Crippen molar-refractivity contribution in [1.29, 1.82) is 0 Å². The van der Waals surface area contributed by atoms with Gasteiger partial charge in [0, 0.05) is 32.2 Å². The number of benzene rings is 2. The van der Waals surface area contributed by atoms with E-state index in [1.165, 1.54) is 16.4 Å². The summed E-state index contributed by atoms with van der Waals surface area (Å²) in [6.45, 7) is 3.30. The predicted octanol–water partition coefficient (Wildman–Crippen LogP) is 3.04. The van der Waals surface area contributed by atoms with Crippen molar-refractivity contribution in [3.63, 3.8) is 0 Å². The molecule has 0 radical (unpaired) electrons. The molecule has 0 unspecified atom stereocenters. The van der Waals surface area contributed by atoms with E-state index in [2.05, 4.69) is 10.2 Å². The zero-order valence-corrected chi connectivity index (χ0v) is 16.3.